The molecule has 0 aromatic heterocycles. The van der Waals surface area contributed by atoms with Crippen LogP contribution in [-0.2, 0) is 0 Å². The van der Waals surface area contributed by atoms with E-state index in [1.54, 1.807) is 0 Å². The molecule has 4 aliphatic carbocycles. The summed E-state index contributed by atoms with van der Waals surface area (Å²) in [6.45, 7) is 6.34. The van der Waals surface area contributed by atoms with Crippen molar-refractivity contribution < 1.29 is 0 Å². The Labute approximate surface area is 136 Å². The highest BCUT2D eigenvalue weighted by atomic mass is 35.5. The molecular weight excluding hydrogens is 288 g/mol. The van der Waals surface area contributed by atoms with E-state index in [2.05, 4.69) is 57.2 Å². The topological polar surface area (TPSA) is 0 Å². The molecule has 0 saturated carbocycles. The number of aryl methyl sites for hydroxylation is 3. The van der Waals surface area contributed by atoms with E-state index in [4.69, 9.17) is 11.6 Å². The van der Waals surface area contributed by atoms with Crippen molar-refractivity contribution in [2.75, 3.05) is 0 Å². The first kappa shape index (κ1) is 13.6. The largest absolute Gasteiger partial charge is 0.0836 e. The van der Waals surface area contributed by atoms with Crippen molar-refractivity contribution in [1.29, 1.82) is 0 Å². The van der Waals surface area contributed by atoms with Crippen LogP contribution in [0.4, 0.5) is 0 Å². The SMILES string of the molecule is Cc1[c]c2c(-c3cc(Cl)[c]cc3C)[c]c1-c1ccc-2cc1C. The van der Waals surface area contributed by atoms with Crippen molar-refractivity contribution in [3.63, 3.8) is 0 Å². The Balaban J connectivity index is 2.10. The second-order valence-corrected chi connectivity index (χ2v) is 6.31. The van der Waals surface area contributed by atoms with Crippen molar-refractivity contribution in [2.24, 2.45) is 0 Å². The van der Waals surface area contributed by atoms with Crippen molar-refractivity contribution in [2.45, 2.75) is 20.8 Å². The molecule has 0 amide bonds. The van der Waals surface area contributed by atoms with Gasteiger partial charge in [-0.3, -0.25) is 0 Å². The molecule has 0 spiro atoms. The molecule has 0 fully saturated rings. The van der Waals surface area contributed by atoms with Crippen LogP contribution >= 0.6 is 11.6 Å². The standard InChI is InChI=1S/C21H14Cl/c1-12-4-6-16(22)10-18(12)21-11-19-14(3)9-20(21)15-5-7-17(19)13(2)8-15/h4-5,7-8,10H,1-3H3. The molecule has 3 aromatic carbocycles. The second-order valence-electron chi connectivity index (χ2n) is 5.91. The fourth-order valence-electron chi connectivity index (χ4n) is 3.19. The van der Waals surface area contributed by atoms with E-state index in [0.29, 0.717) is 5.02 Å². The first-order valence-electron chi connectivity index (χ1n) is 7.33. The molecule has 0 N–H and O–H groups in total. The van der Waals surface area contributed by atoms with E-state index in [-0.39, 0.29) is 0 Å². The lowest BCUT2D eigenvalue weighted by Gasteiger charge is -2.21. The second kappa shape index (κ2) is 4.72. The number of hydrogen-bond acceptors (Lipinski definition) is 0. The van der Waals surface area contributed by atoms with Crippen LogP contribution in [0.1, 0.15) is 16.7 Å². The molecule has 0 saturated heterocycles. The van der Waals surface area contributed by atoms with Gasteiger partial charge in [0.2, 0.25) is 0 Å². The summed E-state index contributed by atoms with van der Waals surface area (Å²) in [5.74, 6) is 0. The molecule has 0 heterocycles. The van der Waals surface area contributed by atoms with E-state index in [1.165, 1.54) is 16.7 Å². The Morgan fingerprint density at radius 2 is 1.64 bits per heavy atom. The fourth-order valence-corrected chi connectivity index (χ4v) is 3.35. The van der Waals surface area contributed by atoms with Crippen molar-refractivity contribution in [3.05, 3.63) is 70.2 Å². The highest BCUT2D eigenvalue weighted by Gasteiger charge is 2.19. The summed E-state index contributed by atoms with van der Waals surface area (Å²) in [4.78, 5) is 0. The monoisotopic (exact) mass is 301 g/mol. The van der Waals surface area contributed by atoms with Crippen molar-refractivity contribution in [3.8, 4) is 33.4 Å². The highest BCUT2D eigenvalue weighted by molar-refractivity contribution is 6.30. The average Bonchev–Trinajstić information content (AvgIpc) is 2.48. The van der Waals surface area contributed by atoms with Gasteiger partial charge in [0.15, 0.2) is 0 Å². The van der Waals surface area contributed by atoms with Crippen LogP contribution in [0.15, 0.2) is 30.3 Å². The van der Waals surface area contributed by atoms with E-state index in [0.717, 1.165) is 33.4 Å². The Kier molecular flexibility index (Phi) is 2.92. The minimum absolute atomic E-state index is 0.629. The summed E-state index contributed by atoms with van der Waals surface area (Å²) in [6.07, 6.45) is 0. The summed E-state index contributed by atoms with van der Waals surface area (Å²) in [5, 5.41) is 0.629. The van der Waals surface area contributed by atoms with Gasteiger partial charge in [0.25, 0.3) is 0 Å². The summed E-state index contributed by atoms with van der Waals surface area (Å²) < 4.78 is 0. The molecule has 3 radical (unpaired) electrons. The Morgan fingerprint density at radius 3 is 2.41 bits per heavy atom. The van der Waals surface area contributed by atoms with Gasteiger partial charge in [-0.1, -0.05) is 29.8 Å². The minimum atomic E-state index is 0.629. The van der Waals surface area contributed by atoms with Gasteiger partial charge in [0, 0.05) is 11.1 Å². The zero-order valence-corrected chi connectivity index (χ0v) is 13.5. The molecule has 105 valence electrons. The molecule has 1 heteroatoms. The lowest BCUT2D eigenvalue weighted by molar-refractivity contribution is 1.36. The number of rotatable bonds is 1. The maximum Gasteiger partial charge on any atom is 0.0491 e. The first-order valence-corrected chi connectivity index (χ1v) is 7.71. The van der Waals surface area contributed by atoms with Crippen LogP contribution in [0.5, 0.6) is 0 Å². The Hall–Kier alpha value is -2.05. The summed E-state index contributed by atoms with van der Waals surface area (Å²) in [6, 6.07) is 20.7. The third kappa shape index (κ3) is 1.91. The quantitative estimate of drug-likeness (QED) is 0.405. The van der Waals surface area contributed by atoms with Crippen LogP contribution < -0.4 is 0 Å². The van der Waals surface area contributed by atoms with Gasteiger partial charge in [0.1, 0.15) is 0 Å². The number of hydrogen-bond donors (Lipinski definition) is 0. The molecule has 0 unspecified atom stereocenters. The van der Waals surface area contributed by atoms with Crippen molar-refractivity contribution >= 4 is 11.6 Å². The molecule has 0 nitrogen and oxygen atoms in total. The van der Waals surface area contributed by atoms with Crippen molar-refractivity contribution in [1.82, 2.24) is 0 Å². The van der Waals surface area contributed by atoms with Crippen LogP contribution in [-0.4, -0.2) is 0 Å². The van der Waals surface area contributed by atoms with E-state index in [9.17, 15) is 0 Å². The molecule has 0 aliphatic heterocycles. The van der Waals surface area contributed by atoms with Gasteiger partial charge in [-0.15, -0.1) is 0 Å². The maximum atomic E-state index is 6.17. The van der Waals surface area contributed by atoms with Gasteiger partial charge in [-0.25, -0.2) is 0 Å². The molecule has 3 aromatic rings. The summed E-state index contributed by atoms with van der Waals surface area (Å²) >= 11 is 6.17. The van der Waals surface area contributed by atoms with Gasteiger partial charge >= 0.3 is 0 Å². The predicted octanol–water partition coefficient (Wildman–Crippen LogP) is 5.98. The lowest BCUT2D eigenvalue weighted by atomic mass is 9.82. The molecule has 4 bridgehead atoms. The van der Waals surface area contributed by atoms with Crippen LogP contribution in [0.25, 0.3) is 33.4 Å². The Bertz CT molecular complexity index is 919. The normalized spacial score (nSPS) is 11.6. The molecule has 4 aliphatic rings. The zero-order valence-electron chi connectivity index (χ0n) is 12.8. The van der Waals surface area contributed by atoms with Crippen LogP contribution in [0.3, 0.4) is 0 Å². The van der Waals surface area contributed by atoms with Crippen LogP contribution in [0, 0.1) is 39.0 Å². The van der Waals surface area contributed by atoms with Gasteiger partial charge in [0.05, 0.1) is 0 Å². The third-order valence-corrected chi connectivity index (χ3v) is 4.58. The minimum Gasteiger partial charge on any atom is -0.0836 e. The third-order valence-electron chi connectivity index (χ3n) is 4.36. The summed E-state index contributed by atoms with van der Waals surface area (Å²) in [5.41, 5.74) is 10.4. The first-order chi connectivity index (χ1) is 10.5. The van der Waals surface area contributed by atoms with Gasteiger partial charge < -0.3 is 0 Å². The maximum absolute atomic E-state index is 6.17. The highest BCUT2D eigenvalue weighted by Crippen LogP contribution is 2.43. The van der Waals surface area contributed by atoms with Gasteiger partial charge in [-0.05, 0) is 95.1 Å². The number of halogens is 1. The predicted molar refractivity (Wildman–Crippen MR) is 92.0 cm³/mol. The molecule has 22 heavy (non-hydrogen) atoms. The summed E-state index contributed by atoms with van der Waals surface area (Å²) in [7, 11) is 0. The Morgan fingerprint density at radius 1 is 0.818 bits per heavy atom. The smallest absolute Gasteiger partial charge is 0.0491 e. The van der Waals surface area contributed by atoms with Crippen LogP contribution in [0.2, 0.25) is 5.02 Å². The number of benzene rings is 3. The van der Waals surface area contributed by atoms with E-state index >= 15 is 0 Å². The van der Waals surface area contributed by atoms with E-state index in [1.807, 2.05) is 12.1 Å². The molecule has 7 rings (SSSR count). The molecule has 0 atom stereocenters. The fraction of sp³-hybridized carbons (Fsp3) is 0.143. The van der Waals surface area contributed by atoms with Gasteiger partial charge in [-0.2, -0.15) is 0 Å². The van der Waals surface area contributed by atoms with E-state index < -0.39 is 0 Å². The lowest BCUT2D eigenvalue weighted by Crippen LogP contribution is -1.99. The zero-order chi connectivity index (χ0) is 15.4. The molecular formula is C21H14Cl. The average molecular weight is 302 g/mol.